The third-order valence-electron chi connectivity index (χ3n) is 2.68. The number of carbonyl (C=O) groups excluding carboxylic acids is 2. The first kappa shape index (κ1) is 15.2. The average molecular weight is 350 g/mol. The lowest BCUT2D eigenvalue weighted by Crippen LogP contribution is -2.15. The van der Waals surface area contributed by atoms with E-state index < -0.39 is 5.97 Å². The standard InChI is InChI=1S/C15H12BrNO4/c1-20-14-5-3-2-4-12(14)13(18)9-21-15(19)10-6-11(16)8-17-7-10/h2-8H,9H2,1H3. The summed E-state index contributed by atoms with van der Waals surface area (Å²) in [7, 11) is 1.48. The molecule has 21 heavy (non-hydrogen) atoms. The third kappa shape index (κ3) is 3.88. The van der Waals surface area contributed by atoms with Gasteiger partial charge in [0.1, 0.15) is 5.75 Å². The molecule has 1 aromatic heterocycles. The summed E-state index contributed by atoms with van der Waals surface area (Å²) in [6, 6.07) is 8.34. The van der Waals surface area contributed by atoms with E-state index in [0.29, 0.717) is 15.8 Å². The quantitative estimate of drug-likeness (QED) is 0.613. The van der Waals surface area contributed by atoms with Gasteiger partial charge in [-0.3, -0.25) is 9.78 Å². The zero-order valence-electron chi connectivity index (χ0n) is 11.2. The molecule has 1 heterocycles. The van der Waals surface area contributed by atoms with Crippen LogP contribution in [0.5, 0.6) is 5.75 Å². The molecule has 2 rings (SSSR count). The fraction of sp³-hybridized carbons (Fsp3) is 0.133. The van der Waals surface area contributed by atoms with Crippen LogP contribution in [0, 0.1) is 0 Å². The van der Waals surface area contributed by atoms with Crippen molar-refractivity contribution in [1.29, 1.82) is 0 Å². The van der Waals surface area contributed by atoms with Crippen molar-refractivity contribution in [3.63, 3.8) is 0 Å². The number of Topliss-reactive ketones (excluding diaryl/α,β-unsaturated/α-hetero) is 1. The minimum Gasteiger partial charge on any atom is -0.496 e. The summed E-state index contributed by atoms with van der Waals surface area (Å²) < 4.78 is 10.8. The molecule has 0 spiro atoms. The molecule has 0 bridgehead atoms. The SMILES string of the molecule is COc1ccccc1C(=O)COC(=O)c1cncc(Br)c1. The number of ether oxygens (including phenoxy) is 2. The van der Waals surface area contributed by atoms with E-state index in [-0.39, 0.29) is 18.0 Å². The van der Waals surface area contributed by atoms with Crippen molar-refractivity contribution >= 4 is 27.7 Å². The molecule has 0 saturated heterocycles. The highest BCUT2D eigenvalue weighted by atomic mass is 79.9. The Balaban J connectivity index is 2.02. The first-order chi connectivity index (χ1) is 10.1. The van der Waals surface area contributed by atoms with Gasteiger partial charge in [0.05, 0.1) is 18.2 Å². The Labute approximate surface area is 130 Å². The van der Waals surface area contributed by atoms with Gasteiger partial charge in [0.15, 0.2) is 6.61 Å². The Morgan fingerprint density at radius 2 is 2.00 bits per heavy atom. The molecular weight excluding hydrogens is 338 g/mol. The summed E-state index contributed by atoms with van der Waals surface area (Å²) in [5, 5.41) is 0. The first-order valence-corrected chi connectivity index (χ1v) is 6.85. The topological polar surface area (TPSA) is 65.5 Å². The van der Waals surface area contributed by atoms with Gasteiger partial charge in [0, 0.05) is 16.9 Å². The zero-order valence-corrected chi connectivity index (χ0v) is 12.8. The molecule has 0 atom stereocenters. The lowest BCUT2D eigenvalue weighted by atomic mass is 10.1. The van der Waals surface area contributed by atoms with E-state index in [9.17, 15) is 9.59 Å². The summed E-state index contributed by atoms with van der Waals surface area (Å²) in [5.74, 6) is -0.488. The molecule has 1 aromatic carbocycles. The van der Waals surface area contributed by atoms with Crippen molar-refractivity contribution in [2.24, 2.45) is 0 Å². The van der Waals surface area contributed by atoms with Gasteiger partial charge in [0.25, 0.3) is 0 Å². The van der Waals surface area contributed by atoms with Crippen molar-refractivity contribution in [1.82, 2.24) is 4.98 Å². The molecule has 0 amide bonds. The normalized spacial score (nSPS) is 10.0. The van der Waals surface area contributed by atoms with E-state index in [0.717, 1.165) is 0 Å². The molecule has 0 radical (unpaired) electrons. The molecule has 0 saturated carbocycles. The number of pyridine rings is 1. The van der Waals surface area contributed by atoms with Crippen LogP contribution in [0.25, 0.3) is 0 Å². The highest BCUT2D eigenvalue weighted by Crippen LogP contribution is 2.18. The van der Waals surface area contributed by atoms with E-state index in [1.165, 1.54) is 13.3 Å². The Hall–Kier alpha value is -2.21. The minimum atomic E-state index is -0.605. The number of carbonyl (C=O) groups is 2. The number of aromatic nitrogens is 1. The van der Waals surface area contributed by atoms with E-state index in [1.54, 1.807) is 36.5 Å². The predicted molar refractivity (Wildman–Crippen MR) is 79.5 cm³/mol. The number of halogens is 1. The van der Waals surface area contributed by atoms with Crippen LogP contribution in [0.15, 0.2) is 47.2 Å². The molecule has 0 unspecified atom stereocenters. The van der Waals surface area contributed by atoms with Gasteiger partial charge in [-0.2, -0.15) is 0 Å². The maximum Gasteiger partial charge on any atom is 0.340 e. The highest BCUT2D eigenvalue weighted by Gasteiger charge is 2.15. The van der Waals surface area contributed by atoms with Crippen LogP contribution in [-0.2, 0) is 4.74 Å². The van der Waals surface area contributed by atoms with Crippen LogP contribution < -0.4 is 4.74 Å². The molecule has 6 heteroatoms. The van der Waals surface area contributed by atoms with Crippen LogP contribution in [0.2, 0.25) is 0 Å². The third-order valence-corrected chi connectivity index (χ3v) is 3.12. The Morgan fingerprint density at radius 1 is 1.24 bits per heavy atom. The van der Waals surface area contributed by atoms with Crippen molar-refractivity contribution in [3.05, 3.63) is 58.3 Å². The second kappa shape index (κ2) is 6.99. The number of ketones is 1. The largest absolute Gasteiger partial charge is 0.496 e. The highest BCUT2D eigenvalue weighted by molar-refractivity contribution is 9.10. The Kier molecular flexibility index (Phi) is 5.05. The molecular formula is C15H12BrNO4. The van der Waals surface area contributed by atoms with Crippen LogP contribution in [0.1, 0.15) is 20.7 Å². The zero-order chi connectivity index (χ0) is 15.2. The van der Waals surface area contributed by atoms with Gasteiger partial charge in [0.2, 0.25) is 5.78 Å². The molecule has 2 aromatic rings. The van der Waals surface area contributed by atoms with E-state index in [1.807, 2.05) is 0 Å². The van der Waals surface area contributed by atoms with Gasteiger partial charge < -0.3 is 9.47 Å². The van der Waals surface area contributed by atoms with E-state index in [2.05, 4.69) is 20.9 Å². The van der Waals surface area contributed by atoms with Crippen molar-refractivity contribution in [2.75, 3.05) is 13.7 Å². The molecule has 0 aliphatic carbocycles. The molecule has 0 aliphatic rings. The number of methoxy groups -OCH3 is 1. The van der Waals surface area contributed by atoms with Crippen molar-refractivity contribution in [3.8, 4) is 5.75 Å². The number of esters is 1. The van der Waals surface area contributed by atoms with E-state index in [4.69, 9.17) is 9.47 Å². The van der Waals surface area contributed by atoms with Crippen molar-refractivity contribution < 1.29 is 19.1 Å². The fourth-order valence-corrected chi connectivity index (χ4v) is 2.06. The van der Waals surface area contributed by atoms with Crippen LogP contribution >= 0.6 is 15.9 Å². The van der Waals surface area contributed by atoms with Gasteiger partial charge in [-0.25, -0.2) is 4.79 Å². The smallest absolute Gasteiger partial charge is 0.340 e. The van der Waals surface area contributed by atoms with E-state index >= 15 is 0 Å². The summed E-state index contributed by atoms with van der Waals surface area (Å²) in [6.45, 7) is -0.355. The van der Waals surface area contributed by atoms with Gasteiger partial charge in [-0.15, -0.1) is 0 Å². The van der Waals surface area contributed by atoms with Crippen LogP contribution in [0.3, 0.4) is 0 Å². The van der Waals surface area contributed by atoms with Gasteiger partial charge >= 0.3 is 5.97 Å². The Bertz CT molecular complexity index is 672. The summed E-state index contributed by atoms with van der Waals surface area (Å²) in [6.07, 6.45) is 2.93. The lowest BCUT2D eigenvalue weighted by Gasteiger charge is -2.08. The fourth-order valence-electron chi connectivity index (χ4n) is 1.69. The van der Waals surface area contributed by atoms with Gasteiger partial charge in [-0.05, 0) is 34.1 Å². The molecule has 0 fully saturated rings. The molecule has 5 nitrogen and oxygen atoms in total. The molecule has 0 N–H and O–H groups in total. The monoisotopic (exact) mass is 349 g/mol. The lowest BCUT2D eigenvalue weighted by molar-refractivity contribution is 0.0473. The number of hydrogen-bond donors (Lipinski definition) is 0. The number of nitrogens with zero attached hydrogens (tertiary/aromatic N) is 1. The summed E-state index contributed by atoms with van der Waals surface area (Å²) >= 11 is 3.21. The number of rotatable bonds is 5. The average Bonchev–Trinajstić information content (AvgIpc) is 2.52. The molecule has 108 valence electrons. The maximum atomic E-state index is 12.0. The number of benzene rings is 1. The second-order valence-electron chi connectivity index (χ2n) is 4.09. The minimum absolute atomic E-state index is 0.275. The van der Waals surface area contributed by atoms with Crippen molar-refractivity contribution in [2.45, 2.75) is 0 Å². The number of hydrogen-bond acceptors (Lipinski definition) is 5. The Morgan fingerprint density at radius 3 is 2.71 bits per heavy atom. The van der Waals surface area contributed by atoms with Gasteiger partial charge in [-0.1, -0.05) is 12.1 Å². The predicted octanol–water partition coefficient (Wildman–Crippen LogP) is 2.89. The molecule has 0 aliphatic heterocycles. The maximum absolute atomic E-state index is 12.0. The number of para-hydroxylation sites is 1. The second-order valence-corrected chi connectivity index (χ2v) is 5.01. The van der Waals surface area contributed by atoms with Crippen LogP contribution in [-0.4, -0.2) is 30.5 Å². The first-order valence-electron chi connectivity index (χ1n) is 6.05. The summed E-state index contributed by atoms with van der Waals surface area (Å²) in [4.78, 5) is 27.7. The van der Waals surface area contributed by atoms with Crippen LogP contribution in [0.4, 0.5) is 0 Å². The summed E-state index contributed by atoms with van der Waals surface area (Å²) in [5.41, 5.74) is 0.650.